The Labute approximate surface area is 207 Å². The number of alkyl halides is 3. The van der Waals surface area contributed by atoms with Gasteiger partial charge in [0.2, 0.25) is 5.82 Å². The fourth-order valence-electron chi connectivity index (χ4n) is 3.67. The van der Waals surface area contributed by atoms with Crippen LogP contribution in [0.5, 0.6) is 5.75 Å². The number of nitrogens with zero attached hydrogens (tertiary/aromatic N) is 5. The highest BCUT2D eigenvalue weighted by Gasteiger charge is 2.38. The molecule has 0 fully saturated rings. The van der Waals surface area contributed by atoms with Gasteiger partial charge in [0.1, 0.15) is 5.75 Å². The van der Waals surface area contributed by atoms with Crippen molar-refractivity contribution in [3.05, 3.63) is 78.4 Å². The summed E-state index contributed by atoms with van der Waals surface area (Å²) in [6, 6.07) is 17.2. The highest BCUT2D eigenvalue weighted by atomic mass is 19.4. The SMILES string of the molecule is CCN(CCCOc1cnc(-c2ccccn2)cc1-c1noc(C(F)(F)F)n1)CCc1ccccc1. The van der Waals surface area contributed by atoms with Gasteiger partial charge in [0, 0.05) is 19.3 Å². The second kappa shape index (κ2) is 11.8. The molecule has 0 saturated carbocycles. The molecule has 188 valence electrons. The molecule has 0 bridgehead atoms. The van der Waals surface area contributed by atoms with E-state index in [1.807, 2.05) is 18.2 Å². The van der Waals surface area contributed by atoms with Crippen molar-refractivity contribution < 1.29 is 22.4 Å². The summed E-state index contributed by atoms with van der Waals surface area (Å²) in [4.78, 5) is 14.5. The number of benzene rings is 1. The maximum Gasteiger partial charge on any atom is 0.471 e. The fraction of sp³-hybridized carbons (Fsp3) is 0.308. The first-order valence-corrected chi connectivity index (χ1v) is 11.7. The van der Waals surface area contributed by atoms with Crippen molar-refractivity contribution in [2.24, 2.45) is 0 Å². The highest BCUT2D eigenvalue weighted by Crippen LogP contribution is 2.34. The van der Waals surface area contributed by atoms with Crippen LogP contribution in [-0.4, -0.2) is 51.2 Å². The van der Waals surface area contributed by atoms with Crippen LogP contribution in [0.15, 0.2) is 71.5 Å². The Bertz CT molecular complexity index is 1230. The average Bonchev–Trinajstić information content (AvgIpc) is 3.40. The van der Waals surface area contributed by atoms with Gasteiger partial charge in [-0.25, -0.2) is 0 Å². The van der Waals surface area contributed by atoms with E-state index in [0.717, 1.165) is 32.5 Å². The lowest BCUT2D eigenvalue weighted by Crippen LogP contribution is -2.28. The van der Waals surface area contributed by atoms with Crippen LogP contribution in [0, 0.1) is 0 Å². The number of rotatable bonds is 11. The number of pyridine rings is 2. The summed E-state index contributed by atoms with van der Waals surface area (Å²) in [5.74, 6) is -1.37. The Morgan fingerprint density at radius 2 is 1.78 bits per heavy atom. The van der Waals surface area contributed by atoms with Crippen molar-refractivity contribution in [1.82, 2.24) is 25.0 Å². The molecule has 0 amide bonds. The molecular formula is C26H26F3N5O2. The van der Waals surface area contributed by atoms with E-state index in [2.05, 4.69) is 48.6 Å². The molecule has 1 aromatic carbocycles. The van der Waals surface area contributed by atoms with Crippen molar-refractivity contribution >= 4 is 0 Å². The quantitative estimate of drug-likeness (QED) is 0.252. The summed E-state index contributed by atoms with van der Waals surface area (Å²) in [7, 11) is 0. The van der Waals surface area contributed by atoms with Crippen LogP contribution in [0.1, 0.15) is 24.8 Å². The first-order valence-electron chi connectivity index (χ1n) is 11.7. The minimum absolute atomic E-state index is 0.227. The molecule has 7 nitrogen and oxygen atoms in total. The monoisotopic (exact) mass is 497 g/mol. The molecule has 36 heavy (non-hydrogen) atoms. The van der Waals surface area contributed by atoms with Crippen LogP contribution in [0.2, 0.25) is 0 Å². The standard InChI is InChI=1S/C26H26F3N5O2/c1-2-34(15-12-19-9-4-3-5-10-19)14-8-16-35-23-18-31-22(21-11-6-7-13-30-21)17-20(23)24-32-25(36-33-24)26(27,28)29/h3-7,9-11,13,17-18H,2,8,12,14-16H2,1H3. The third-order valence-corrected chi connectivity index (χ3v) is 5.59. The molecule has 0 aliphatic carbocycles. The van der Waals surface area contributed by atoms with Crippen molar-refractivity contribution in [2.75, 3.05) is 26.2 Å². The van der Waals surface area contributed by atoms with Crippen LogP contribution in [0.25, 0.3) is 22.8 Å². The van der Waals surface area contributed by atoms with E-state index >= 15 is 0 Å². The molecule has 3 aromatic heterocycles. The van der Waals surface area contributed by atoms with Crippen molar-refractivity contribution in [1.29, 1.82) is 0 Å². The summed E-state index contributed by atoms with van der Waals surface area (Å²) in [6.07, 6.45) is -0.00101. The van der Waals surface area contributed by atoms with Crippen LogP contribution in [0.3, 0.4) is 0 Å². The first kappa shape index (κ1) is 25.3. The van der Waals surface area contributed by atoms with Gasteiger partial charge in [-0.2, -0.15) is 18.2 Å². The Morgan fingerprint density at radius 1 is 0.972 bits per heavy atom. The molecular weight excluding hydrogens is 471 g/mol. The highest BCUT2D eigenvalue weighted by molar-refractivity contribution is 5.69. The van der Waals surface area contributed by atoms with Gasteiger partial charge < -0.3 is 14.2 Å². The molecule has 4 aromatic rings. The summed E-state index contributed by atoms with van der Waals surface area (Å²) >= 11 is 0. The fourth-order valence-corrected chi connectivity index (χ4v) is 3.67. The zero-order valence-corrected chi connectivity index (χ0v) is 19.8. The molecule has 0 atom stereocenters. The lowest BCUT2D eigenvalue weighted by Gasteiger charge is -2.20. The van der Waals surface area contributed by atoms with Crippen LogP contribution >= 0.6 is 0 Å². The van der Waals surface area contributed by atoms with Crippen LogP contribution < -0.4 is 4.74 Å². The molecule has 0 radical (unpaired) electrons. The molecule has 0 N–H and O–H groups in total. The summed E-state index contributed by atoms with van der Waals surface area (Å²) in [6.45, 7) is 5.11. The third kappa shape index (κ3) is 6.66. The second-order valence-corrected chi connectivity index (χ2v) is 8.07. The summed E-state index contributed by atoms with van der Waals surface area (Å²) in [5.41, 5.74) is 2.55. The van der Waals surface area contributed by atoms with Crippen LogP contribution in [0.4, 0.5) is 13.2 Å². The number of hydrogen-bond donors (Lipinski definition) is 0. The number of likely N-dealkylation sites (N-methyl/N-ethyl adjacent to an activating group) is 1. The topological polar surface area (TPSA) is 77.2 Å². The molecule has 0 aliphatic heterocycles. The zero-order chi connectivity index (χ0) is 25.4. The predicted octanol–water partition coefficient (Wildman–Crippen LogP) is 5.55. The zero-order valence-electron chi connectivity index (χ0n) is 19.8. The first-order chi connectivity index (χ1) is 17.4. The minimum atomic E-state index is -4.74. The second-order valence-electron chi connectivity index (χ2n) is 8.07. The normalized spacial score (nSPS) is 11.7. The van der Waals surface area contributed by atoms with Crippen molar-refractivity contribution in [2.45, 2.75) is 25.9 Å². The average molecular weight is 498 g/mol. The van der Waals surface area contributed by atoms with Gasteiger partial charge in [-0.3, -0.25) is 9.97 Å². The molecule has 0 saturated heterocycles. The largest absolute Gasteiger partial charge is 0.491 e. The molecule has 0 unspecified atom stereocenters. The Kier molecular flexibility index (Phi) is 8.27. The van der Waals surface area contributed by atoms with E-state index in [-0.39, 0.29) is 17.1 Å². The number of hydrogen-bond acceptors (Lipinski definition) is 7. The maximum atomic E-state index is 13.0. The Hall–Kier alpha value is -3.79. The van der Waals surface area contributed by atoms with Gasteiger partial charge in [0.05, 0.1) is 29.8 Å². The lowest BCUT2D eigenvalue weighted by molar-refractivity contribution is -0.159. The van der Waals surface area contributed by atoms with Gasteiger partial charge >= 0.3 is 12.1 Å². The van der Waals surface area contributed by atoms with Crippen molar-refractivity contribution in [3.8, 4) is 28.5 Å². The van der Waals surface area contributed by atoms with E-state index in [0.29, 0.717) is 18.0 Å². The van der Waals surface area contributed by atoms with Gasteiger partial charge in [-0.05, 0) is 43.1 Å². The third-order valence-electron chi connectivity index (χ3n) is 5.59. The van der Waals surface area contributed by atoms with Gasteiger partial charge in [-0.1, -0.05) is 48.5 Å². The molecule has 3 heterocycles. The summed E-state index contributed by atoms with van der Waals surface area (Å²) in [5, 5.41) is 3.53. The Balaban J connectivity index is 1.44. The van der Waals surface area contributed by atoms with Gasteiger partial charge in [0.25, 0.3) is 0 Å². The predicted molar refractivity (Wildman–Crippen MR) is 128 cm³/mol. The Morgan fingerprint density at radius 3 is 2.47 bits per heavy atom. The molecule has 10 heteroatoms. The maximum absolute atomic E-state index is 13.0. The van der Waals surface area contributed by atoms with Crippen molar-refractivity contribution in [3.63, 3.8) is 0 Å². The van der Waals surface area contributed by atoms with E-state index < -0.39 is 12.1 Å². The number of halogens is 3. The minimum Gasteiger partial charge on any atom is -0.491 e. The number of ether oxygens (including phenoxy) is 1. The smallest absolute Gasteiger partial charge is 0.471 e. The van der Waals surface area contributed by atoms with Gasteiger partial charge in [0.15, 0.2) is 0 Å². The van der Waals surface area contributed by atoms with Crippen LogP contribution in [-0.2, 0) is 12.6 Å². The summed E-state index contributed by atoms with van der Waals surface area (Å²) < 4.78 is 49.5. The molecule has 4 rings (SSSR count). The lowest BCUT2D eigenvalue weighted by atomic mass is 10.1. The molecule has 0 spiro atoms. The van der Waals surface area contributed by atoms with E-state index in [4.69, 9.17) is 4.74 Å². The number of aromatic nitrogens is 4. The van der Waals surface area contributed by atoms with E-state index in [9.17, 15) is 13.2 Å². The van der Waals surface area contributed by atoms with E-state index in [1.165, 1.54) is 11.8 Å². The van der Waals surface area contributed by atoms with Gasteiger partial charge in [-0.15, -0.1) is 0 Å². The van der Waals surface area contributed by atoms with E-state index in [1.54, 1.807) is 30.5 Å². The molecule has 0 aliphatic rings.